The van der Waals surface area contributed by atoms with Gasteiger partial charge in [-0.1, -0.05) is 119 Å². The lowest BCUT2D eigenvalue weighted by atomic mass is 9.82. The molecule has 0 aliphatic heterocycles. The first-order valence-electron chi connectivity index (χ1n) is 17.6. The average molecular weight is 636 g/mol. The van der Waals surface area contributed by atoms with Crippen molar-refractivity contribution in [2.75, 3.05) is 4.90 Å². The summed E-state index contributed by atoms with van der Waals surface area (Å²) in [6.07, 6.45) is 14.5. The molecule has 3 aliphatic rings. The molecule has 6 aromatic rings. The van der Waals surface area contributed by atoms with Gasteiger partial charge in [0.05, 0.1) is 6.04 Å². The van der Waals surface area contributed by atoms with Crippen LogP contribution in [0.3, 0.4) is 0 Å². The van der Waals surface area contributed by atoms with Gasteiger partial charge in [-0.15, -0.1) is 0 Å². The van der Waals surface area contributed by atoms with E-state index in [2.05, 4.69) is 171 Å². The molecule has 3 heteroatoms. The van der Waals surface area contributed by atoms with Gasteiger partial charge in [-0.2, -0.15) is 0 Å². The van der Waals surface area contributed by atoms with E-state index in [0.717, 1.165) is 23.6 Å². The summed E-state index contributed by atoms with van der Waals surface area (Å²) in [5, 5.41) is 1.34. The zero-order chi connectivity index (χ0) is 33.3. The van der Waals surface area contributed by atoms with E-state index in [1.165, 1.54) is 55.6 Å². The second kappa shape index (κ2) is 11.3. The molecule has 0 saturated carbocycles. The second-order valence-corrected chi connectivity index (χ2v) is 14.5. The Kier molecular flexibility index (Phi) is 6.88. The fourth-order valence-corrected chi connectivity index (χ4v) is 8.68. The van der Waals surface area contributed by atoms with Crippen molar-refractivity contribution in [2.24, 2.45) is 11.8 Å². The van der Waals surface area contributed by atoms with E-state index in [1.54, 1.807) is 0 Å². The molecule has 2 heterocycles. The van der Waals surface area contributed by atoms with Crippen molar-refractivity contribution in [3.05, 3.63) is 168 Å². The minimum Gasteiger partial charge on any atom is -0.336 e. The number of hydrogen-bond acceptors (Lipinski definition) is 2. The van der Waals surface area contributed by atoms with Crippen LogP contribution in [0.2, 0.25) is 0 Å². The van der Waals surface area contributed by atoms with E-state index in [0.29, 0.717) is 17.9 Å². The smallest absolute Gasteiger partial charge is 0.137 e. The van der Waals surface area contributed by atoms with Crippen LogP contribution in [0.25, 0.3) is 33.7 Å². The molecule has 0 N–H and O–H groups in total. The summed E-state index contributed by atoms with van der Waals surface area (Å²) in [6.45, 7) is 9.40. The van der Waals surface area contributed by atoms with Crippen molar-refractivity contribution in [2.45, 2.75) is 45.6 Å². The fourth-order valence-electron chi connectivity index (χ4n) is 8.68. The summed E-state index contributed by atoms with van der Waals surface area (Å²) >= 11 is 0. The number of aromatic nitrogens is 2. The van der Waals surface area contributed by atoms with Gasteiger partial charge in [0.2, 0.25) is 0 Å². The second-order valence-electron chi connectivity index (χ2n) is 14.5. The molecule has 0 radical (unpaired) electrons. The highest BCUT2D eigenvalue weighted by molar-refractivity contribution is 5.98. The van der Waals surface area contributed by atoms with Gasteiger partial charge in [0.25, 0.3) is 0 Å². The van der Waals surface area contributed by atoms with Crippen molar-refractivity contribution in [1.29, 1.82) is 0 Å². The number of hydrogen-bond donors (Lipinski definition) is 0. The largest absolute Gasteiger partial charge is 0.336 e. The Balaban J connectivity index is 1.12. The van der Waals surface area contributed by atoms with E-state index in [9.17, 15) is 0 Å². The molecular weight excluding hydrogens is 595 g/mol. The maximum absolute atomic E-state index is 4.83. The van der Waals surface area contributed by atoms with Crippen molar-refractivity contribution in [3.63, 3.8) is 0 Å². The van der Waals surface area contributed by atoms with Crippen molar-refractivity contribution in [3.8, 4) is 11.1 Å². The monoisotopic (exact) mass is 635 g/mol. The van der Waals surface area contributed by atoms with Crippen LogP contribution >= 0.6 is 0 Å². The summed E-state index contributed by atoms with van der Waals surface area (Å²) in [6, 6.07) is 40.3. The van der Waals surface area contributed by atoms with E-state index in [-0.39, 0.29) is 5.41 Å². The first kappa shape index (κ1) is 29.7. The number of allylic oxidation sites excluding steroid dienone is 5. The third-order valence-electron chi connectivity index (χ3n) is 11.2. The molecule has 3 nitrogen and oxygen atoms in total. The van der Waals surface area contributed by atoms with Gasteiger partial charge >= 0.3 is 0 Å². The highest BCUT2D eigenvalue weighted by atomic mass is 15.2. The summed E-state index contributed by atoms with van der Waals surface area (Å²) in [5.74, 6) is 1.76. The molecule has 0 fully saturated rings. The summed E-state index contributed by atoms with van der Waals surface area (Å²) in [7, 11) is 0. The number of benzene rings is 4. The molecule has 3 aliphatic carbocycles. The van der Waals surface area contributed by atoms with E-state index < -0.39 is 0 Å². The normalized spacial score (nSPS) is 20.1. The molecule has 2 aromatic heterocycles. The van der Waals surface area contributed by atoms with Crippen molar-refractivity contribution >= 4 is 39.7 Å². The Bertz CT molecular complexity index is 2320. The maximum Gasteiger partial charge on any atom is 0.137 e. The highest BCUT2D eigenvalue weighted by Gasteiger charge is 2.36. The van der Waals surface area contributed by atoms with Gasteiger partial charge in [0, 0.05) is 45.1 Å². The number of nitrogens with zero attached hydrogens (tertiary/aromatic N) is 3. The Hall–Kier alpha value is -5.41. The van der Waals surface area contributed by atoms with Crippen LogP contribution in [-0.4, -0.2) is 9.55 Å². The molecule has 9 rings (SSSR count). The van der Waals surface area contributed by atoms with E-state index in [1.807, 2.05) is 12.3 Å². The number of fused-ring (bicyclic) bond motifs is 6. The highest BCUT2D eigenvalue weighted by Crippen LogP contribution is 2.50. The predicted octanol–water partition coefficient (Wildman–Crippen LogP) is 11.8. The van der Waals surface area contributed by atoms with Gasteiger partial charge in [-0.05, 0) is 100 Å². The summed E-state index contributed by atoms with van der Waals surface area (Å²) < 4.78 is 2.61. The van der Waals surface area contributed by atoms with Gasteiger partial charge in [0.15, 0.2) is 0 Å². The summed E-state index contributed by atoms with van der Waals surface area (Å²) in [5.41, 5.74) is 14.4. The standard InChI is InChI=1S/C46H41N3/c1-30-13-5-9-17-42(30)49-43-18-10-7-15-37(43)39-29-38(31(2)27-44(39)49)32-20-22-33(23-21-32)48(45-19-11-12-26-47-45)34-24-25-36-35-14-6-8-16-40(35)46(3,4)41(36)28-34/h5-26,28-31,42H,27H2,1-4H3. The van der Waals surface area contributed by atoms with Crippen LogP contribution in [0.4, 0.5) is 17.2 Å². The van der Waals surface area contributed by atoms with E-state index in [4.69, 9.17) is 4.98 Å². The lowest BCUT2D eigenvalue weighted by Crippen LogP contribution is -2.20. The van der Waals surface area contributed by atoms with Gasteiger partial charge < -0.3 is 4.57 Å². The minimum absolute atomic E-state index is 0.0742. The van der Waals surface area contributed by atoms with Gasteiger partial charge in [0.1, 0.15) is 5.82 Å². The topological polar surface area (TPSA) is 21.1 Å². The Morgan fingerprint density at radius 2 is 1.47 bits per heavy atom. The average Bonchev–Trinajstić information content (AvgIpc) is 3.56. The van der Waals surface area contributed by atoms with Gasteiger partial charge in [-0.25, -0.2) is 4.98 Å². The Morgan fingerprint density at radius 1 is 0.735 bits per heavy atom. The van der Waals surface area contributed by atoms with Crippen molar-refractivity contribution < 1.29 is 0 Å². The minimum atomic E-state index is -0.0742. The Labute approximate surface area is 289 Å². The fraction of sp³-hybridized carbons (Fsp3) is 0.196. The maximum atomic E-state index is 4.83. The number of pyridine rings is 1. The van der Waals surface area contributed by atoms with Crippen molar-refractivity contribution in [1.82, 2.24) is 9.55 Å². The van der Waals surface area contributed by atoms with Crippen LogP contribution in [-0.2, 0) is 11.8 Å². The van der Waals surface area contributed by atoms with Crippen LogP contribution in [0, 0.1) is 11.8 Å². The molecule has 0 saturated heterocycles. The predicted molar refractivity (Wildman–Crippen MR) is 206 cm³/mol. The van der Waals surface area contributed by atoms with Crippen LogP contribution in [0.15, 0.2) is 140 Å². The lowest BCUT2D eigenvalue weighted by Gasteiger charge is -2.29. The Morgan fingerprint density at radius 3 is 2.29 bits per heavy atom. The first-order chi connectivity index (χ1) is 23.9. The first-order valence-corrected chi connectivity index (χ1v) is 17.6. The molecule has 49 heavy (non-hydrogen) atoms. The molecule has 0 amide bonds. The molecule has 3 unspecified atom stereocenters. The zero-order valence-electron chi connectivity index (χ0n) is 28.6. The molecule has 4 aromatic carbocycles. The van der Waals surface area contributed by atoms with Crippen LogP contribution in [0.5, 0.6) is 0 Å². The van der Waals surface area contributed by atoms with Crippen LogP contribution in [0.1, 0.15) is 61.7 Å². The van der Waals surface area contributed by atoms with Gasteiger partial charge in [-0.3, -0.25) is 4.90 Å². The SMILES string of the molecule is CC1Cc2c(c3ccccc3n2C2C=CC=CC2C)C=C1c1ccc(N(c2ccc3c(c2)C(C)(C)c2ccccc2-3)c2ccccn2)cc1. The lowest BCUT2D eigenvalue weighted by molar-refractivity contribution is 0.478. The van der Waals surface area contributed by atoms with Crippen LogP contribution < -0.4 is 4.90 Å². The molecule has 240 valence electrons. The third-order valence-corrected chi connectivity index (χ3v) is 11.2. The summed E-state index contributed by atoms with van der Waals surface area (Å²) in [4.78, 5) is 7.12. The third kappa shape index (κ3) is 4.67. The molecule has 0 spiro atoms. The zero-order valence-corrected chi connectivity index (χ0v) is 28.6. The number of rotatable bonds is 5. The molecule has 0 bridgehead atoms. The van der Waals surface area contributed by atoms with E-state index >= 15 is 0 Å². The number of anilines is 3. The molecular formula is C46H41N3. The number of para-hydroxylation sites is 1. The molecule has 3 atom stereocenters. The quantitative estimate of drug-likeness (QED) is 0.188.